The minimum Gasteiger partial charge on any atom is -0.457 e. The van der Waals surface area contributed by atoms with Crippen molar-refractivity contribution < 1.29 is 31.1 Å². The fourth-order valence-corrected chi connectivity index (χ4v) is 4.61. The molecule has 0 saturated heterocycles. The number of ether oxygens (including phenoxy) is 1. The van der Waals surface area contributed by atoms with Crippen LogP contribution in [0.4, 0.5) is 13.2 Å². The molecule has 4 rings (SSSR count). The quantitative estimate of drug-likeness (QED) is 0.604. The number of sulfonamides is 1. The van der Waals surface area contributed by atoms with Crippen LogP contribution in [0.15, 0.2) is 53.4 Å². The maximum atomic E-state index is 13.1. The van der Waals surface area contributed by atoms with Gasteiger partial charge in [0, 0.05) is 12.1 Å². The molecule has 171 valence electrons. The lowest BCUT2D eigenvalue weighted by atomic mass is 10.1. The van der Waals surface area contributed by atoms with Crippen LogP contribution in [0, 0.1) is 6.20 Å². The number of alkyl halides is 3. The zero-order valence-electron chi connectivity index (χ0n) is 16.8. The van der Waals surface area contributed by atoms with E-state index in [2.05, 4.69) is 16.2 Å². The van der Waals surface area contributed by atoms with Gasteiger partial charge in [0.25, 0.3) is 5.91 Å². The van der Waals surface area contributed by atoms with Crippen LogP contribution in [-0.2, 0) is 29.2 Å². The molecule has 3 aromatic rings. The molecule has 0 atom stereocenters. The van der Waals surface area contributed by atoms with E-state index in [1.54, 1.807) is 0 Å². The topological polar surface area (TPSA) is 115 Å². The highest BCUT2D eigenvalue weighted by molar-refractivity contribution is 7.89. The Kier molecular flexibility index (Phi) is 5.80. The van der Waals surface area contributed by atoms with Crippen LogP contribution < -0.4 is 10.5 Å². The van der Waals surface area contributed by atoms with Crippen molar-refractivity contribution in [2.75, 3.05) is 6.54 Å². The number of amides is 1. The fourth-order valence-electron chi connectivity index (χ4n) is 3.21. The standard InChI is InChI=1S/C21H16F3N4O4S/c22-21(23,24)14-1-3-15(4-2-14)32-16-5-7-17(8-6-16)33(30,31)28-10-9-13-11-26-20(19(25)29)27-18(13)12-28/h1-8H,9-10,12H2,(H2,25,29). The zero-order valence-corrected chi connectivity index (χ0v) is 17.7. The van der Waals surface area contributed by atoms with Crippen molar-refractivity contribution in [3.63, 3.8) is 0 Å². The third-order valence-corrected chi connectivity index (χ3v) is 6.78. The molecule has 2 aromatic carbocycles. The second-order valence-electron chi connectivity index (χ2n) is 7.13. The Morgan fingerprint density at radius 3 is 2.24 bits per heavy atom. The summed E-state index contributed by atoms with van der Waals surface area (Å²) in [6, 6.07) is 9.64. The number of carbonyl (C=O) groups is 1. The van der Waals surface area contributed by atoms with E-state index in [4.69, 9.17) is 10.5 Å². The molecule has 0 aliphatic carbocycles. The van der Waals surface area contributed by atoms with Crippen molar-refractivity contribution >= 4 is 15.9 Å². The lowest BCUT2D eigenvalue weighted by molar-refractivity contribution is -0.137. The van der Waals surface area contributed by atoms with Gasteiger partial charge in [0.2, 0.25) is 15.8 Å². The van der Waals surface area contributed by atoms with Crippen LogP contribution in [-0.4, -0.2) is 35.1 Å². The smallest absolute Gasteiger partial charge is 0.416 e. The molecule has 0 saturated carbocycles. The van der Waals surface area contributed by atoms with E-state index < -0.39 is 27.7 Å². The molecular formula is C21H16F3N4O4S. The van der Waals surface area contributed by atoms with Gasteiger partial charge in [-0.3, -0.25) is 4.79 Å². The van der Waals surface area contributed by atoms with Crippen LogP contribution >= 0.6 is 0 Å². The van der Waals surface area contributed by atoms with Gasteiger partial charge in [0.15, 0.2) is 0 Å². The Hall–Kier alpha value is -3.51. The summed E-state index contributed by atoms with van der Waals surface area (Å²) in [5.41, 5.74) is 5.35. The molecule has 2 N–H and O–H groups in total. The lowest BCUT2D eigenvalue weighted by Gasteiger charge is -2.27. The van der Waals surface area contributed by atoms with Crippen LogP contribution in [0.1, 0.15) is 27.4 Å². The van der Waals surface area contributed by atoms with Gasteiger partial charge in [-0.05, 0) is 55.0 Å². The molecule has 1 aliphatic heterocycles. The molecule has 0 fully saturated rings. The first kappa shape index (κ1) is 22.7. The van der Waals surface area contributed by atoms with Crippen molar-refractivity contribution in [2.45, 2.75) is 24.0 Å². The number of nitrogens with zero attached hydrogens (tertiary/aromatic N) is 3. The molecule has 0 bridgehead atoms. The second-order valence-corrected chi connectivity index (χ2v) is 9.07. The average Bonchev–Trinajstić information content (AvgIpc) is 2.78. The van der Waals surface area contributed by atoms with Gasteiger partial charge in [0.1, 0.15) is 11.5 Å². The van der Waals surface area contributed by atoms with E-state index in [1.807, 2.05) is 0 Å². The number of hydrogen-bond donors (Lipinski definition) is 1. The van der Waals surface area contributed by atoms with E-state index in [9.17, 15) is 26.4 Å². The van der Waals surface area contributed by atoms with Crippen LogP contribution in [0.5, 0.6) is 11.5 Å². The Bertz CT molecular complexity index is 1290. The highest BCUT2D eigenvalue weighted by Gasteiger charge is 2.31. The van der Waals surface area contributed by atoms with Gasteiger partial charge in [-0.2, -0.15) is 17.5 Å². The average molecular weight is 477 g/mol. The first-order valence-electron chi connectivity index (χ1n) is 9.56. The summed E-state index contributed by atoms with van der Waals surface area (Å²) in [5, 5.41) is 0. The Balaban J connectivity index is 1.49. The van der Waals surface area contributed by atoms with Crippen molar-refractivity contribution in [3.05, 3.63) is 77.4 Å². The molecule has 0 spiro atoms. The maximum absolute atomic E-state index is 13.1. The summed E-state index contributed by atoms with van der Waals surface area (Å²) >= 11 is 0. The largest absolute Gasteiger partial charge is 0.457 e. The monoisotopic (exact) mass is 477 g/mol. The van der Waals surface area contributed by atoms with E-state index in [0.29, 0.717) is 17.7 Å². The van der Waals surface area contributed by atoms with Crippen LogP contribution in [0.3, 0.4) is 0 Å². The summed E-state index contributed by atoms with van der Waals surface area (Å²) in [7, 11) is -3.89. The van der Waals surface area contributed by atoms with Crippen molar-refractivity contribution in [2.24, 2.45) is 5.73 Å². The highest BCUT2D eigenvalue weighted by Crippen LogP contribution is 2.32. The molecule has 8 nitrogen and oxygen atoms in total. The minimum atomic E-state index is -4.45. The van der Waals surface area contributed by atoms with E-state index in [-0.39, 0.29) is 35.3 Å². The number of benzene rings is 2. The third-order valence-electron chi connectivity index (χ3n) is 4.92. The van der Waals surface area contributed by atoms with Gasteiger partial charge < -0.3 is 10.5 Å². The molecule has 1 aromatic heterocycles. The summed E-state index contributed by atoms with van der Waals surface area (Å²) in [4.78, 5) is 19.1. The fraction of sp³-hybridized carbons (Fsp3) is 0.190. The van der Waals surface area contributed by atoms with Crippen molar-refractivity contribution in [1.82, 2.24) is 14.3 Å². The Morgan fingerprint density at radius 2 is 1.67 bits per heavy atom. The van der Waals surface area contributed by atoms with Gasteiger partial charge in [-0.1, -0.05) is 0 Å². The summed E-state index contributed by atoms with van der Waals surface area (Å²) in [6.45, 7) is 0.107. The number of fused-ring (bicyclic) bond motifs is 1. The Labute approximate surface area is 186 Å². The molecular weight excluding hydrogens is 461 g/mol. The van der Waals surface area contributed by atoms with Gasteiger partial charge in [-0.25, -0.2) is 18.4 Å². The summed E-state index contributed by atoms with van der Waals surface area (Å²) in [5.74, 6) is -0.644. The first-order chi connectivity index (χ1) is 15.5. The maximum Gasteiger partial charge on any atom is 0.416 e. The SMILES string of the molecule is NC(=O)c1n[c]c2c(n1)CN(S(=O)(=O)c1ccc(Oc3ccc(C(F)(F)F)cc3)cc1)CC2. The molecule has 12 heteroatoms. The predicted molar refractivity (Wildman–Crippen MR) is 109 cm³/mol. The van der Waals surface area contributed by atoms with E-state index in [0.717, 1.165) is 12.1 Å². The predicted octanol–water partition coefficient (Wildman–Crippen LogP) is 2.93. The minimum absolute atomic E-state index is 0.00104. The molecule has 1 amide bonds. The normalized spacial score (nSPS) is 14.5. The summed E-state index contributed by atoms with van der Waals surface area (Å²) in [6.07, 6.45) is -1.45. The van der Waals surface area contributed by atoms with E-state index in [1.165, 1.54) is 40.7 Å². The highest BCUT2D eigenvalue weighted by atomic mass is 32.2. The Morgan fingerprint density at radius 1 is 1.06 bits per heavy atom. The number of nitrogens with two attached hydrogens (primary N) is 1. The zero-order chi connectivity index (χ0) is 23.8. The third kappa shape index (κ3) is 4.81. The van der Waals surface area contributed by atoms with Crippen LogP contribution in [0.25, 0.3) is 0 Å². The summed E-state index contributed by atoms with van der Waals surface area (Å²) < 4.78 is 70.8. The number of primary amides is 1. The number of halogens is 3. The van der Waals surface area contributed by atoms with Crippen molar-refractivity contribution in [3.8, 4) is 11.5 Å². The number of hydrogen-bond acceptors (Lipinski definition) is 6. The number of aromatic nitrogens is 2. The second kappa shape index (κ2) is 8.45. The molecule has 33 heavy (non-hydrogen) atoms. The van der Waals surface area contributed by atoms with Crippen LogP contribution in [0.2, 0.25) is 0 Å². The van der Waals surface area contributed by atoms with Crippen molar-refractivity contribution in [1.29, 1.82) is 0 Å². The van der Waals surface area contributed by atoms with Gasteiger partial charge in [0.05, 0.1) is 28.9 Å². The lowest BCUT2D eigenvalue weighted by Crippen LogP contribution is -2.37. The molecule has 2 heterocycles. The first-order valence-corrected chi connectivity index (χ1v) is 11.0. The molecule has 1 radical (unpaired) electrons. The number of carbonyl (C=O) groups excluding carboxylic acids is 1. The molecule has 0 unspecified atom stereocenters. The number of rotatable bonds is 5. The van der Waals surface area contributed by atoms with E-state index >= 15 is 0 Å². The molecule has 1 aliphatic rings. The van der Waals surface area contributed by atoms with Gasteiger partial charge >= 0.3 is 6.18 Å². The van der Waals surface area contributed by atoms with Gasteiger partial charge in [-0.15, -0.1) is 0 Å².